The lowest BCUT2D eigenvalue weighted by molar-refractivity contribution is -0.145. The summed E-state index contributed by atoms with van der Waals surface area (Å²) in [4.78, 5) is 25.9. The van der Waals surface area contributed by atoms with Gasteiger partial charge in [0.2, 0.25) is 11.8 Å². The molecule has 0 saturated carbocycles. The van der Waals surface area contributed by atoms with Gasteiger partial charge in [0.25, 0.3) is 0 Å². The van der Waals surface area contributed by atoms with Crippen molar-refractivity contribution in [1.82, 2.24) is 15.5 Å². The molecule has 1 rings (SSSR count). The van der Waals surface area contributed by atoms with E-state index >= 15 is 0 Å². The number of amides is 2. The van der Waals surface area contributed by atoms with Gasteiger partial charge in [-0.1, -0.05) is 13.8 Å². The van der Waals surface area contributed by atoms with E-state index in [4.69, 9.17) is 0 Å². The Bertz CT molecular complexity index is 334. The molecule has 1 saturated heterocycles. The van der Waals surface area contributed by atoms with Crippen LogP contribution in [0, 0.1) is 11.3 Å². The van der Waals surface area contributed by atoms with E-state index in [2.05, 4.69) is 24.5 Å². The van der Waals surface area contributed by atoms with Gasteiger partial charge in [0.05, 0.1) is 12.0 Å². The minimum atomic E-state index is -0.354. The van der Waals surface area contributed by atoms with Crippen LogP contribution in [0.1, 0.15) is 34.1 Å². The molecule has 0 radical (unpaired) electrons. The Balaban J connectivity index is 2.67. The number of nitrogens with one attached hydrogen (secondary N) is 2. The van der Waals surface area contributed by atoms with Gasteiger partial charge in [0, 0.05) is 19.6 Å². The van der Waals surface area contributed by atoms with Crippen LogP contribution in [-0.4, -0.2) is 49.4 Å². The van der Waals surface area contributed by atoms with E-state index in [-0.39, 0.29) is 35.7 Å². The number of carbonyl (C=O) groups is 2. The van der Waals surface area contributed by atoms with E-state index in [0.29, 0.717) is 6.54 Å². The van der Waals surface area contributed by atoms with Crippen LogP contribution in [0.25, 0.3) is 0 Å². The first-order valence-corrected chi connectivity index (χ1v) is 7.05. The average molecular weight is 269 g/mol. The van der Waals surface area contributed by atoms with Crippen LogP contribution >= 0.6 is 0 Å². The molecule has 2 amide bonds. The zero-order chi connectivity index (χ0) is 14.6. The number of hydrogen-bond acceptors (Lipinski definition) is 3. The van der Waals surface area contributed by atoms with Gasteiger partial charge in [-0.15, -0.1) is 0 Å². The van der Waals surface area contributed by atoms with E-state index in [0.717, 1.165) is 13.0 Å². The summed E-state index contributed by atoms with van der Waals surface area (Å²) >= 11 is 0. The number of nitrogens with zero attached hydrogens (tertiary/aromatic N) is 1. The second-order valence-electron chi connectivity index (χ2n) is 6.12. The lowest BCUT2D eigenvalue weighted by Crippen LogP contribution is -2.50. The normalized spacial score (nSPS) is 22.9. The predicted octanol–water partition coefficient (Wildman–Crippen LogP) is 0.605. The molecule has 2 N–H and O–H groups in total. The second kappa shape index (κ2) is 6.37. The fourth-order valence-electron chi connectivity index (χ4n) is 2.67. The van der Waals surface area contributed by atoms with E-state index in [1.165, 1.54) is 0 Å². The highest BCUT2D eigenvalue weighted by Crippen LogP contribution is 2.35. The van der Waals surface area contributed by atoms with Crippen molar-refractivity contribution in [3.63, 3.8) is 0 Å². The van der Waals surface area contributed by atoms with Gasteiger partial charge in [0.15, 0.2) is 0 Å². The summed E-state index contributed by atoms with van der Waals surface area (Å²) in [6.45, 7) is 9.69. The molecule has 5 nitrogen and oxygen atoms in total. The van der Waals surface area contributed by atoms with Crippen molar-refractivity contribution in [2.45, 2.75) is 40.2 Å². The van der Waals surface area contributed by atoms with Crippen LogP contribution in [0.15, 0.2) is 0 Å². The molecule has 0 aromatic heterocycles. The Morgan fingerprint density at radius 1 is 1.32 bits per heavy atom. The van der Waals surface area contributed by atoms with E-state index in [9.17, 15) is 9.59 Å². The third-order valence-electron chi connectivity index (χ3n) is 3.90. The Morgan fingerprint density at radius 3 is 2.37 bits per heavy atom. The number of carbonyl (C=O) groups excluding carboxylic acids is 2. The van der Waals surface area contributed by atoms with Crippen molar-refractivity contribution in [1.29, 1.82) is 0 Å². The van der Waals surface area contributed by atoms with E-state index in [1.54, 1.807) is 11.9 Å². The van der Waals surface area contributed by atoms with Gasteiger partial charge < -0.3 is 15.5 Å². The number of likely N-dealkylation sites (N-methyl/N-ethyl adjacent to an activating group) is 1. The lowest BCUT2D eigenvalue weighted by Gasteiger charge is -2.35. The maximum atomic E-state index is 12.6. The van der Waals surface area contributed by atoms with Crippen molar-refractivity contribution in [3.8, 4) is 0 Å². The van der Waals surface area contributed by atoms with Gasteiger partial charge in [-0.05, 0) is 32.7 Å². The van der Waals surface area contributed by atoms with Crippen LogP contribution in [-0.2, 0) is 9.59 Å². The van der Waals surface area contributed by atoms with Crippen LogP contribution in [0.4, 0.5) is 0 Å². The lowest BCUT2D eigenvalue weighted by atomic mass is 9.75. The molecule has 1 atom stereocenters. The average Bonchev–Trinajstić information content (AvgIpc) is 2.76. The SMILES string of the molecule is CC(C)NC(=O)CN(C)C(=O)C1(C(C)C)CCNC1. The molecule has 0 aliphatic carbocycles. The molecule has 110 valence electrons. The zero-order valence-corrected chi connectivity index (χ0v) is 12.7. The Morgan fingerprint density at radius 2 is 1.95 bits per heavy atom. The van der Waals surface area contributed by atoms with Gasteiger partial charge >= 0.3 is 0 Å². The first-order chi connectivity index (χ1) is 8.79. The van der Waals surface area contributed by atoms with E-state index in [1.807, 2.05) is 13.8 Å². The van der Waals surface area contributed by atoms with Crippen molar-refractivity contribution >= 4 is 11.8 Å². The topological polar surface area (TPSA) is 61.4 Å². The summed E-state index contributed by atoms with van der Waals surface area (Å²) in [5.74, 6) is 0.243. The van der Waals surface area contributed by atoms with Crippen molar-refractivity contribution in [2.75, 3.05) is 26.7 Å². The molecule has 1 aliphatic heterocycles. The summed E-state index contributed by atoms with van der Waals surface area (Å²) in [6.07, 6.45) is 0.847. The summed E-state index contributed by atoms with van der Waals surface area (Å²) < 4.78 is 0. The van der Waals surface area contributed by atoms with Gasteiger partial charge in [-0.2, -0.15) is 0 Å². The van der Waals surface area contributed by atoms with Crippen LogP contribution in [0.3, 0.4) is 0 Å². The van der Waals surface area contributed by atoms with Crippen LogP contribution in [0.2, 0.25) is 0 Å². The maximum Gasteiger partial charge on any atom is 0.239 e. The fourth-order valence-corrected chi connectivity index (χ4v) is 2.67. The summed E-state index contributed by atoms with van der Waals surface area (Å²) in [5, 5.41) is 6.08. The molecular formula is C14H27N3O2. The number of hydrogen-bond donors (Lipinski definition) is 2. The molecule has 19 heavy (non-hydrogen) atoms. The monoisotopic (exact) mass is 269 g/mol. The van der Waals surface area contributed by atoms with Crippen molar-refractivity contribution in [2.24, 2.45) is 11.3 Å². The Hall–Kier alpha value is -1.10. The highest BCUT2D eigenvalue weighted by Gasteiger charge is 2.45. The standard InChI is InChI=1S/C14H27N3O2/c1-10(2)14(6-7-15-9-14)13(19)17(5)8-12(18)16-11(3)4/h10-11,15H,6-9H2,1-5H3,(H,16,18). The molecule has 0 spiro atoms. The summed E-state index contributed by atoms with van der Waals surface area (Å²) in [6, 6.07) is 0.100. The van der Waals surface area contributed by atoms with E-state index < -0.39 is 0 Å². The van der Waals surface area contributed by atoms with Gasteiger partial charge in [-0.3, -0.25) is 9.59 Å². The molecule has 0 bridgehead atoms. The minimum Gasteiger partial charge on any atom is -0.352 e. The summed E-state index contributed by atoms with van der Waals surface area (Å²) in [7, 11) is 1.71. The Labute approximate surface area is 116 Å². The van der Waals surface area contributed by atoms with Gasteiger partial charge in [0.1, 0.15) is 0 Å². The van der Waals surface area contributed by atoms with Crippen LogP contribution < -0.4 is 10.6 Å². The molecular weight excluding hydrogens is 242 g/mol. The molecule has 0 aromatic carbocycles. The first kappa shape index (κ1) is 16.0. The van der Waals surface area contributed by atoms with Crippen molar-refractivity contribution in [3.05, 3.63) is 0 Å². The molecule has 1 unspecified atom stereocenters. The first-order valence-electron chi connectivity index (χ1n) is 7.05. The molecule has 5 heteroatoms. The molecule has 1 aliphatic rings. The minimum absolute atomic E-state index is 0.0754. The maximum absolute atomic E-state index is 12.6. The number of rotatable bonds is 5. The quantitative estimate of drug-likeness (QED) is 0.768. The van der Waals surface area contributed by atoms with Crippen molar-refractivity contribution < 1.29 is 9.59 Å². The predicted molar refractivity (Wildman–Crippen MR) is 75.7 cm³/mol. The smallest absolute Gasteiger partial charge is 0.239 e. The molecule has 1 heterocycles. The molecule has 1 fully saturated rings. The second-order valence-corrected chi connectivity index (χ2v) is 6.12. The zero-order valence-electron chi connectivity index (χ0n) is 12.7. The molecule has 0 aromatic rings. The fraction of sp³-hybridized carbons (Fsp3) is 0.857. The summed E-state index contributed by atoms with van der Waals surface area (Å²) in [5.41, 5.74) is -0.354. The van der Waals surface area contributed by atoms with Crippen LogP contribution in [0.5, 0.6) is 0 Å². The highest BCUT2D eigenvalue weighted by molar-refractivity contribution is 5.88. The third kappa shape index (κ3) is 3.69. The van der Waals surface area contributed by atoms with Gasteiger partial charge in [-0.25, -0.2) is 0 Å². The third-order valence-corrected chi connectivity index (χ3v) is 3.90. The Kier molecular flexibility index (Phi) is 5.35. The largest absolute Gasteiger partial charge is 0.352 e. The highest BCUT2D eigenvalue weighted by atomic mass is 16.2.